The molecule has 0 amide bonds. The predicted octanol–water partition coefficient (Wildman–Crippen LogP) is 3.48. The Morgan fingerprint density at radius 2 is 1.60 bits per heavy atom. The molecule has 0 saturated heterocycles. The van der Waals surface area contributed by atoms with Gasteiger partial charge in [-0.15, -0.1) is 0 Å². The van der Waals surface area contributed by atoms with Gasteiger partial charge in [-0.2, -0.15) is 0 Å². The van der Waals surface area contributed by atoms with E-state index in [1.54, 1.807) is 0 Å². The molecule has 56 valence electrons. The molecule has 10 heavy (non-hydrogen) atoms. The van der Waals surface area contributed by atoms with E-state index in [0.717, 1.165) is 0 Å². The molecule has 0 saturated carbocycles. The second-order valence-electron chi connectivity index (χ2n) is 2.22. The Morgan fingerprint density at radius 3 is 1.90 bits per heavy atom. The maximum absolute atomic E-state index is 2.12. The molecule has 0 aromatic carbocycles. The molecule has 0 fully saturated rings. The van der Waals surface area contributed by atoms with E-state index in [1.165, 1.54) is 11.1 Å². The van der Waals surface area contributed by atoms with E-state index in [0.29, 0.717) is 0 Å². The topological polar surface area (TPSA) is 0 Å². The highest BCUT2D eigenvalue weighted by Gasteiger charge is 1.89. The highest BCUT2D eigenvalue weighted by molar-refractivity contribution is 5.37. The highest BCUT2D eigenvalue weighted by atomic mass is 13.9. The van der Waals surface area contributed by atoms with Crippen molar-refractivity contribution in [3.8, 4) is 0 Å². The fraction of sp³-hybridized carbons (Fsp3) is 0.400. The normalized spacial score (nSPS) is 14.8. The summed E-state index contributed by atoms with van der Waals surface area (Å²) < 4.78 is 0. The van der Waals surface area contributed by atoms with E-state index in [9.17, 15) is 0 Å². The summed E-state index contributed by atoms with van der Waals surface area (Å²) >= 11 is 0. The molecular formula is C10H16. The number of hydrogen-bond donors (Lipinski definition) is 0. The molecule has 0 rings (SSSR count). The van der Waals surface area contributed by atoms with Gasteiger partial charge in [-0.3, -0.25) is 0 Å². The molecule has 0 heterocycles. The Hall–Kier alpha value is -0.780. The molecule has 0 aliphatic rings. The van der Waals surface area contributed by atoms with Crippen LogP contribution in [0.3, 0.4) is 0 Å². The lowest BCUT2D eigenvalue weighted by Gasteiger charge is -1.98. The number of allylic oxidation sites excluding steroid dienone is 6. The first-order valence-electron chi connectivity index (χ1n) is 3.68. The molecular weight excluding hydrogens is 120 g/mol. The van der Waals surface area contributed by atoms with Crippen molar-refractivity contribution in [2.45, 2.75) is 27.7 Å². The molecule has 0 aromatic heterocycles. The van der Waals surface area contributed by atoms with E-state index < -0.39 is 0 Å². The smallest absolute Gasteiger partial charge is 0.0277 e. The van der Waals surface area contributed by atoms with Crippen molar-refractivity contribution in [2.24, 2.45) is 0 Å². The lowest BCUT2D eigenvalue weighted by Crippen LogP contribution is -1.78. The lowest BCUT2D eigenvalue weighted by molar-refractivity contribution is 1.37. The highest BCUT2D eigenvalue weighted by Crippen LogP contribution is 2.09. The van der Waals surface area contributed by atoms with Crippen molar-refractivity contribution in [1.82, 2.24) is 0 Å². The molecule has 0 aliphatic heterocycles. The van der Waals surface area contributed by atoms with Crippen LogP contribution >= 0.6 is 0 Å². The Balaban J connectivity index is 4.39. The van der Waals surface area contributed by atoms with Crippen LogP contribution in [0.25, 0.3) is 0 Å². The van der Waals surface area contributed by atoms with Crippen LogP contribution in [0.4, 0.5) is 0 Å². The van der Waals surface area contributed by atoms with Crippen LogP contribution in [0.5, 0.6) is 0 Å². The van der Waals surface area contributed by atoms with E-state index in [2.05, 4.69) is 45.1 Å². The van der Waals surface area contributed by atoms with Crippen molar-refractivity contribution in [3.05, 3.63) is 35.5 Å². The van der Waals surface area contributed by atoms with Crippen LogP contribution in [0.15, 0.2) is 35.5 Å². The standard InChI is InChI=1S/C10H16/c1-5-8-10(7-3)9(4)6-2/h5-8H,1-4H3/b8-5-,9-6-,10-7-. The molecule has 0 spiro atoms. The summed E-state index contributed by atoms with van der Waals surface area (Å²) in [4.78, 5) is 0. The van der Waals surface area contributed by atoms with E-state index in [1.807, 2.05) is 6.92 Å². The van der Waals surface area contributed by atoms with E-state index >= 15 is 0 Å². The van der Waals surface area contributed by atoms with Gasteiger partial charge in [0.25, 0.3) is 0 Å². The van der Waals surface area contributed by atoms with Crippen LogP contribution in [-0.4, -0.2) is 0 Å². The molecule has 0 heteroatoms. The van der Waals surface area contributed by atoms with Crippen molar-refractivity contribution < 1.29 is 0 Å². The van der Waals surface area contributed by atoms with Gasteiger partial charge in [0.1, 0.15) is 0 Å². The zero-order chi connectivity index (χ0) is 7.98. The van der Waals surface area contributed by atoms with Gasteiger partial charge in [-0.1, -0.05) is 24.3 Å². The predicted molar refractivity (Wildman–Crippen MR) is 48.0 cm³/mol. The third-order valence-corrected chi connectivity index (χ3v) is 1.55. The summed E-state index contributed by atoms with van der Waals surface area (Å²) in [6, 6.07) is 0. The summed E-state index contributed by atoms with van der Waals surface area (Å²) in [5.74, 6) is 0. The Labute approximate surface area is 64.0 Å². The zero-order valence-electron chi connectivity index (χ0n) is 7.31. The largest absolute Gasteiger partial charge is 0.0871 e. The lowest BCUT2D eigenvalue weighted by atomic mass is 10.1. The van der Waals surface area contributed by atoms with Gasteiger partial charge in [0.15, 0.2) is 0 Å². The molecule has 0 nitrogen and oxygen atoms in total. The SMILES string of the molecule is C\C=C/C(=C/C)C(/C)=C\C. The van der Waals surface area contributed by atoms with Gasteiger partial charge >= 0.3 is 0 Å². The molecule has 0 N–H and O–H groups in total. The first kappa shape index (κ1) is 9.22. The minimum atomic E-state index is 1.31. The van der Waals surface area contributed by atoms with Crippen LogP contribution in [-0.2, 0) is 0 Å². The third-order valence-electron chi connectivity index (χ3n) is 1.55. The first-order valence-corrected chi connectivity index (χ1v) is 3.68. The van der Waals surface area contributed by atoms with E-state index in [-0.39, 0.29) is 0 Å². The Kier molecular flexibility index (Phi) is 4.65. The maximum atomic E-state index is 2.12. The van der Waals surface area contributed by atoms with E-state index in [4.69, 9.17) is 0 Å². The quantitative estimate of drug-likeness (QED) is 0.510. The fourth-order valence-electron chi connectivity index (χ4n) is 0.802. The fourth-order valence-corrected chi connectivity index (χ4v) is 0.802. The van der Waals surface area contributed by atoms with Gasteiger partial charge < -0.3 is 0 Å². The van der Waals surface area contributed by atoms with Gasteiger partial charge in [0, 0.05) is 0 Å². The molecule has 0 atom stereocenters. The van der Waals surface area contributed by atoms with Gasteiger partial charge in [0.2, 0.25) is 0 Å². The molecule has 0 unspecified atom stereocenters. The summed E-state index contributed by atoms with van der Waals surface area (Å²) in [6.45, 7) is 8.27. The molecule has 0 bridgehead atoms. The van der Waals surface area contributed by atoms with Crippen molar-refractivity contribution in [2.75, 3.05) is 0 Å². The molecule has 0 aliphatic carbocycles. The van der Waals surface area contributed by atoms with Crippen LogP contribution in [0.2, 0.25) is 0 Å². The summed E-state index contributed by atoms with van der Waals surface area (Å²) in [5.41, 5.74) is 2.64. The zero-order valence-corrected chi connectivity index (χ0v) is 7.31. The van der Waals surface area contributed by atoms with Gasteiger partial charge in [0.05, 0.1) is 0 Å². The summed E-state index contributed by atoms with van der Waals surface area (Å²) in [7, 11) is 0. The average Bonchev–Trinajstić information content (AvgIpc) is 1.99. The maximum Gasteiger partial charge on any atom is -0.0277 e. The average molecular weight is 136 g/mol. The first-order chi connectivity index (χ1) is 4.76. The van der Waals surface area contributed by atoms with Gasteiger partial charge in [-0.05, 0) is 38.8 Å². The third kappa shape index (κ3) is 2.67. The molecule has 0 radical (unpaired) electrons. The van der Waals surface area contributed by atoms with Crippen molar-refractivity contribution in [1.29, 1.82) is 0 Å². The van der Waals surface area contributed by atoms with Gasteiger partial charge in [-0.25, -0.2) is 0 Å². The Morgan fingerprint density at radius 1 is 1.00 bits per heavy atom. The molecule has 0 aromatic rings. The second kappa shape index (κ2) is 5.04. The van der Waals surface area contributed by atoms with Crippen LogP contribution in [0, 0.1) is 0 Å². The van der Waals surface area contributed by atoms with Crippen molar-refractivity contribution >= 4 is 0 Å². The Bertz CT molecular complexity index is 168. The number of rotatable bonds is 2. The van der Waals surface area contributed by atoms with Crippen LogP contribution < -0.4 is 0 Å². The second-order valence-corrected chi connectivity index (χ2v) is 2.22. The minimum Gasteiger partial charge on any atom is -0.0871 e. The summed E-state index contributed by atoms with van der Waals surface area (Å²) in [5, 5.41) is 0. The minimum absolute atomic E-state index is 1.31. The monoisotopic (exact) mass is 136 g/mol. The number of hydrogen-bond acceptors (Lipinski definition) is 0. The van der Waals surface area contributed by atoms with Crippen molar-refractivity contribution in [3.63, 3.8) is 0 Å². The van der Waals surface area contributed by atoms with Crippen LogP contribution in [0.1, 0.15) is 27.7 Å². The summed E-state index contributed by atoms with van der Waals surface area (Å²) in [6.07, 6.45) is 8.42.